The van der Waals surface area contributed by atoms with E-state index >= 15 is 0 Å². The van der Waals surface area contributed by atoms with Gasteiger partial charge >= 0.3 is 0 Å². The molecule has 13 heteroatoms. The summed E-state index contributed by atoms with van der Waals surface area (Å²) in [6.45, 7) is 3.44. The van der Waals surface area contributed by atoms with Gasteiger partial charge in [0.15, 0.2) is 0 Å². The zero-order chi connectivity index (χ0) is 34.7. The van der Waals surface area contributed by atoms with Crippen LogP contribution in [0, 0.1) is 11.6 Å². The molecule has 3 aliphatic rings. The highest BCUT2D eigenvalue weighted by Gasteiger charge is 2.58. The minimum absolute atomic E-state index is 0.153. The number of hydrogen-bond acceptors (Lipinski definition) is 6. The predicted molar refractivity (Wildman–Crippen MR) is 182 cm³/mol. The van der Waals surface area contributed by atoms with Crippen molar-refractivity contribution in [3.05, 3.63) is 101 Å². The van der Waals surface area contributed by atoms with E-state index in [1.54, 1.807) is 11.0 Å². The van der Waals surface area contributed by atoms with Crippen LogP contribution in [0.3, 0.4) is 0 Å². The van der Waals surface area contributed by atoms with Crippen molar-refractivity contribution in [2.45, 2.75) is 68.6 Å². The molecule has 1 spiro atoms. The van der Waals surface area contributed by atoms with Crippen molar-refractivity contribution >= 4 is 38.4 Å². The number of rotatable bonds is 9. The second-order valence-electron chi connectivity index (χ2n) is 13.4. The van der Waals surface area contributed by atoms with Crippen LogP contribution in [0.25, 0.3) is 10.9 Å². The van der Waals surface area contributed by atoms with Crippen LogP contribution in [-0.4, -0.2) is 77.9 Å². The zero-order valence-electron chi connectivity index (χ0n) is 27.3. The Hall–Kier alpha value is -4.33. The monoisotopic (exact) mass is 691 g/mol. The second kappa shape index (κ2) is 12.5. The van der Waals surface area contributed by atoms with Gasteiger partial charge in [0.1, 0.15) is 22.4 Å². The third-order valence-corrected chi connectivity index (χ3v) is 12.7. The molecule has 1 saturated carbocycles. The fourth-order valence-corrected chi connectivity index (χ4v) is 9.23. The Morgan fingerprint density at radius 1 is 1.08 bits per heavy atom. The molecular weight excluding hydrogens is 652 g/mol. The molecule has 10 nitrogen and oxygen atoms in total. The Balaban J connectivity index is 1.23. The van der Waals surface area contributed by atoms with Crippen LogP contribution >= 0.6 is 0 Å². The fraction of sp³-hybridized carbons (Fsp3) is 0.389. The number of halogens is 2. The number of piperazine rings is 1. The molecule has 3 heterocycles. The van der Waals surface area contributed by atoms with Gasteiger partial charge in [0.05, 0.1) is 23.3 Å². The molecule has 0 radical (unpaired) electrons. The van der Waals surface area contributed by atoms with Crippen molar-refractivity contribution in [1.82, 2.24) is 20.1 Å². The average Bonchev–Trinajstić information content (AvgIpc) is 3.79. The standard InChI is InChI=1S/C36H39F2N5O5S/c1-3-24-20-43-21-36(9-10-36)49(47,48)41(2)30-17-25(16-28(24)32(30)43)34(45)40-29(15-23-13-26(37)18-27(38)14-23)33(44)31-35(46)42(12-11-39-31)19-22-7-5-4-6-8-22/h4-8,13-14,16-18,20,29,31,33,39,44H,3,9-12,15,19,21H2,1-2H3,(H,40,45)/t29-,31-,33-/m0/s1. The minimum atomic E-state index is -3.73. The van der Waals surface area contributed by atoms with Crippen LogP contribution in [0.2, 0.25) is 0 Å². The van der Waals surface area contributed by atoms with Crippen molar-refractivity contribution in [3.8, 4) is 0 Å². The molecular formula is C36H39F2N5O5S. The van der Waals surface area contributed by atoms with Gasteiger partial charge in [-0.15, -0.1) is 0 Å². The molecule has 258 valence electrons. The Kier molecular flexibility index (Phi) is 8.48. The lowest BCUT2D eigenvalue weighted by molar-refractivity contribution is -0.140. The van der Waals surface area contributed by atoms with Crippen molar-refractivity contribution in [2.75, 3.05) is 24.4 Å². The summed E-state index contributed by atoms with van der Waals surface area (Å²) in [6, 6.07) is 13.4. The van der Waals surface area contributed by atoms with Gasteiger partial charge in [0, 0.05) is 56.4 Å². The van der Waals surface area contributed by atoms with E-state index in [2.05, 4.69) is 10.6 Å². The Morgan fingerprint density at radius 2 is 1.80 bits per heavy atom. The highest BCUT2D eigenvalue weighted by Crippen LogP contribution is 2.51. The fourth-order valence-electron chi connectivity index (χ4n) is 7.33. The molecule has 2 amide bonds. The number of hydrogen-bond donors (Lipinski definition) is 3. The summed E-state index contributed by atoms with van der Waals surface area (Å²) >= 11 is 0. The van der Waals surface area contributed by atoms with Crippen molar-refractivity contribution in [1.29, 1.82) is 0 Å². The lowest BCUT2D eigenvalue weighted by Crippen LogP contribution is -2.63. The lowest BCUT2D eigenvalue weighted by Gasteiger charge is -2.38. The highest BCUT2D eigenvalue weighted by molar-refractivity contribution is 7.94. The number of carbonyl (C=O) groups excluding carboxylic acids is 2. The number of carbonyl (C=O) groups is 2. The van der Waals surface area contributed by atoms with Crippen LogP contribution in [0.5, 0.6) is 0 Å². The van der Waals surface area contributed by atoms with Crippen molar-refractivity contribution in [3.63, 3.8) is 0 Å². The molecule has 3 N–H and O–H groups in total. The molecule has 1 saturated heterocycles. The molecule has 7 rings (SSSR count). The van der Waals surface area contributed by atoms with Crippen LogP contribution in [0.1, 0.15) is 46.8 Å². The van der Waals surface area contributed by atoms with Gasteiger partial charge in [-0.1, -0.05) is 37.3 Å². The SMILES string of the molecule is CCc1cn2c3c(cc(C(=O)N[C@@H](Cc4cc(F)cc(F)c4)[C@H](O)[C@@H]4NCCN(Cc5ccccc5)C4=O)cc13)N(C)S(=O)(=O)C1(CC1)C2. The molecule has 3 atom stereocenters. The van der Waals surface area contributed by atoms with E-state index in [0.717, 1.165) is 40.2 Å². The van der Waals surface area contributed by atoms with E-state index in [9.17, 15) is 31.9 Å². The van der Waals surface area contributed by atoms with Crippen LogP contribution < -0.4 is 14.9 Å². The summed E-state index contributed by atoms with van der Waals surface area (Å²) in [4.78, 5) is 29.4. The van der Waals surface area contributed by atoms with Crippen molar-refractivity contribution < 1.29 is 31.9 Å². The van der Waals surface area contributed by atoms with E-state index in [1.165, 1.54) is 17.4 Å². The van der Waals surface area contributed by atoms with E-state index < -0.39 is 50.5 Å². The summed E-state index contributed by atoms with van der Waals surface area (Å²) in [5, 5.41) is 18.4. The Morgan fingerprint density at radius 3 is 2.47 bits per heavy atom. The summed E-state index contributed by atoms with van der Waals surface area (Å²) < 4.78 is 58.3. The number of benzene rings is 3. The van der Waals surface area contributed by atoms with Crippen LogP contribution in [-0.2, 0) is 40.7 Å². The smallest absolute Gasteiger partial charge is 0.251 e. The maximum absolute atomic E-state index is 14.3. The molecule has 2 fully saturated rings. The first-order valence-corrected chi connectivity index (χ1v) is 18.0. The Labute approximate surface area is 283 Å². The van der Waals surface area contributed by atoms with Gasteiger partial charge < -0.3 is 25.2 Å². The first-order chi connectivity index (χ1) is 23.4. The van der Waals surface area contributed by atoms with E-state index in [1.807, 2.05) is 48.0 Å². The van der Waals surface area contributed by atoms with Crippen LogP contribution in [0.4, 0.5) is 14.5 Å². The molecule has 2 aliphatic heterocycles. The average molecular weight is 692 g/mol. The third kappa shape index (κ3) is 5.97. The zero-order valence-corrected chi connectivity index (χ0v) is 28.1. The quantitative estimate of drug-likeness (QED) is 0.247. The number of aromatic nitrogens is 1. The van der Waals surface area contributed by atoms with E-state index in [4.69, 9.17) is 0 Å². The van der Waals surface area contributed by atoms with Crippen molar-refractivity contribution in [2.24, 2.45) is 0 Å². The summed E-state index contributed by atoms with van der Waals surface area (Å²) in [7, 11) is -2.22. The molecule has 0 bridgehead atoms. The summed E-state index contributed by atoms with van der Waals surface area (Å²) in [5.74, 6) is -2.63. The lowest BCUT2D eigenvalue weighted by atomic mass is 9.93. The number of nitrogens with one attached hydrogen (secondary N) is 2. The van der Waals surface area contributed by atoms with Gasteiger partial charge in [-0.25, -0.2) is 17.2 Å². The van der Waals surface area contributed by atoms with E-state index in [-0.39, 0.29) is 23.5 Å². The molecule has 4 aromatic rings. The first-order valence-electron chi connectivity index (χ1n) is 16.5. The van der Waals surface area contributed by atoms with Gasteiger partial charge in [-0.3, -0.25) is 13.9 Å². The normalized spacial score (nSPS) is 20.7. The number of aliphatic hydroxyl groups excluding tert-OH is 1. The molecule has 1 aliphatic carbocycles. The predicted octanol–water partition coefficient (Wildman–Crippen LogP) is 3.50. The number of nitrogens with zero attached hydrogens (tertiary/aromatic N) is 3. The topological polar surface area (TPSA) is 124 Å². The minimum Gasteiger partial charge on any atom is -0.389 e. The number of aliphatic hydroxyl groups is 1. The largest absolute Gasteiger partial charge is 0.389 e. The van der Waals surface area contributed by atoms with Gasteiger partial charge in [-0.05, 0) is 66.6 Å². The molecule has 0 unspecified atom stereocenters. The molecule has 1 aromatic heterocycles. The number of anilines is 1. The number of aryl methyl sites for hydroxylation is 1. The van der Waals surface area contributed by atoms with E-state index in [0.29, 0.717) is 51.1 Å². The maximum Gasteiger partial charge on any atom is 0.251 e. The summed E-state index contributed by atoms with van der Waals surface area (Å²) in [6.07, 6.45) is 2.04. The second-order valence-corrected chi connectivity index (χ2v) is 15.8. The Bertz CT molecular complexity index is 2030. The third-order valence-electron chi connectivity index (χ3n) is 10.2. The van der Waals surface area contributed by atoms with Gasteiger partial charge in [0.25, 0.3) is 5.91 Å². The summed E-state index contributed by atoms with van der Waals surface area (Å²) in [5.41, 5.74) is 3.30. The number of amides is 2. The maximum atomic E-state index is 14.3. The first kappa shape index (κ1) is 33.2. The van der Waals surface area contributed by atoms with Crippen LogP contribution in [0.15, 0.2) is 66.9 Å². The van der Waals surface area contributed by atoms with Gasteiger partial charge in [0.2, 0.25) is 15.9 Å². The molecule has 49 heavy (non-hydrogen) atoms. The van der Waals surface area contributed by atoms with Gasteiger partial charge in [-0.2, -0.15) is 0 Å². The number of sulfonamides is 1. The molecule has 3 aromatic carbocycles. The highest BCUT2D eigenvalue weighted by atomic mass is 32.2.